The minimum absolute atomic E-state index is 0.217. The molecule has 0 aliphatic heterocycles. The van der Waals surface area contributed by atoms with Crippen LogP contribution < -0.4 is 15.4 Å². The molecule has 0 radical (unpaired) electrons. The maximum absolute atomic E-state index is 13.2. The zero-order chi connectivity index (χ0) is 10.7. The smallest absolute Gasteiger partial charge is 0.167 e. The summed E-state index contributed by atoms with van der Waals surface area (Å²) in [5.41, 5.74) is 6.89. The van der Waals surface area contributed by atoms with Gasteiger partial charge in [-0.2, -0.15) is 0 Å². The Balaban J connectivity index is 3.17. The first-order chi connectivity index (χ1) is 6.60. The van der Waals surface area contributed by atoms with Crippen molar-refractivity contribution >= 4 is 11.4 Å². The molecule has 0 unspecified atom stereocenters. The third-order valence-electron chi connectivity index (χ3n) is 2.19. The fourth-order valence-electron chi connectivity index (χ4n) is 1.22. The molecule has 0 spiro atoms. The van der Waals surface area contributed by atoms with Crippen molar-refractivity contribution in [2.24, 2.45) is 0 Å². The van der Waals surface area contributed by atoms with Crippen molar-refractivity contribution in [3.05, 3.63) is 17.9 Å². The Morgan fingerprint density at radius 3 is 2.64 bits per heavy atom. The Hall–Kier alpha value is -1.45. The van der Waals surface area contributed by atoms with E-state index < -0.39 is 5.82 Å². The van der Waals surface area contributed by atoms with Gasteiger partial charge in [-0.05, 0) is 6.92 Å². The molecule has 0 atom stereocenters. The number of ether oxygens (including phenoxy) is 1. The van der Waals surface area contributed by atoms with Gasteiger partial charge in [0.2, 0.25) is 0 Å². The van der Waals surface area contributed by atoms with Gasteiger partial charge >= 0.3 is 0 Å². The minimum Gasteiger partial charge on any atom is -0.494 e. The van der Waals surface area contributed by atoms with Crippen LogP contribution in [0, 0.1) is 5.82 Å². The van der Waals surface area contributed by atoms with Gasteiger partial charge in [-0.25, -0.2) is 4.39 Å². The molecule has 2 N–H and O–H groups in total. The molecule has 78 valence electrons. The molecular formula is C10H15FN2O. The predicted molar refractivity (Wildman–Crippen MR) is 56.3 cm³/mol. The van der Waals surface area contributed by atoms with Gasteiger partial charge in [-0.3, -0.25) is 0 Å². The number of halogens is 1. The van der Waals surface area contributed by atoms with Crippen LogP contribution in [0.5, 0.6) is 5.75 Å². The molecule has 0 bridgehead atoms. The molecule has 0 aliphatic carbocycles. The maximum atomic E-state index is 13.2. The number of hydrogen-bond donors (Lipinski definition) is 1. The van der Waals surface area contributed by atoms with Gasteiger partial charge in [-0.1, -0.05) is 0 Å². The van der Waals surface area contributed by atoms with Gasteiger partial charge in [0.05, 0.1) is 18.5 Å². The molecule has 14 heavy (non-hydrogen) atoms. The van der Waals surface area contributed by atoms with Crippen LogP contribution in [-0.2, 0) is 0 Å². The first kappa shape index (κ1) is 10.6. The highest BCUT2D eigenvalue weighted by Gasteiger charge is 2.10. The molecular weight excluding hydrogens is 183 g/mol. The summed E-state index contributed by atoms with van der Waals surface area (Å²) in [4.78, 5) is 1.93. The highest BCUT2D eigenvalue weighted by molar-refractivity contribution is 5.69. The molecule has 0 saturated carbocycles. The van der Waals surface area contributed by atoms with Crippen molar-refractivity contribution < 1.29 is 9.13 Å². The Kier molecular flexibility index (Phi) is 3.17. The van der Waals surface area contributed by atoms with Crippen molar-refractivity contribution in [2.45, 2.75) is 6.92 Å². The maximum Gasteiger partial charge on any atom is 0.167 e. The van der Waals surface area contributed by atoms with Crippen molar-refractivity contribution in [3.8, 4) is 5.75 Å². The average Bonchev–Trinajstić information content (AvgIpc) is 2.17. The standard InChI is InChI=1S/C10H15FN2O/c1-4-13(2)9-6-10(14-3)7(11)5-8(9)12/h5-6H,4,12H2,1-3H3. The van der Waals surface area contributed by atoms with E-state index in [-0.39, 0.29) is 5.75 Å². The summed E-state index contributed by atoms with van der Waals surface area (Å²) in [6, 6.07) is 2.88. The zero-order valence-corrected chi connectivity index (χ0v) is 8.67. The number of benzene rings is 1. The van der Waals surface area contributed by atoms with Crippen molar-refractivity contribution in [3.63, 3.8) is 0 Å². The van der Waals surface area contributed by atoms with Crippen LogP contribution in [0.4, 0.5) is 15.8 Å². The first-order valence-corrected chi connectivity index (χ1v) is 4.44. The molecule has 0 aliphatic rings. The third kappa shape index (κ3) is 1.89. The molecule has 0 aromatic heterocycles. The lowest BCUT2D eigenvalue weighted by Gasteiger charge is -2.19. The largest absolute Gasteiger partial charge is 0.494 e. The van der Waals surface area contributed by atoms with Crippen LogP contribution in [-0.4, -0.2) is 20.7 Å². The molecule has 0 heterocycles. The monoisotopic (exact) mass is 198 g/mol. The highest BCUT2D eigenvalue weighted by atomic mass is 19.1. The van der Waals surface area contributed by atoms with E-state index in [1.807, 2.05) is 18.9 Å². The van der Waals surface area contributed by atoms with Crippen LogP contribution >= 0.6 is 0 Å². The average molecular weight is 198 g/mol. The second-order valence-corrected chi connectivity index (χ2v) is 3.06. The van der Waals surface area contributed by atoms with Crippen LogP contribution in [0.25, 0.3) is 0 Å². The zero-order valence-electron chi connectivity index (χ0n) is 8.67. The Labute approximate surface area is 83.3 Å². The topological polar surface area (TPSA) is 38.5 Å². The normalized spacial score (nSPS) is 10.0. The van der Waals surface area contributed by atoms with Crippen molar-refractivity contribution in [2.75, 3.05) is 31.3 Å². The summed E-state index contributed by atoms with van der Waals surface area (Å²) < 4.78 is 18.1. The molecule has 0 amide bonds. The van der Waals surface area contributed by atoms with Gasteiger partial charge in [0.15, 0.2) is 11.6 Å². The van der Waals surface area contributed by atoms with E-state index in [2.05, 4.69) is 0 Å². The van der Waals surface area contributed by atoms with Gasteiger partial charge < -0.3 is 15.4 Å². The lowest BCUT2D eigenvalue weighted by molar-refractivity contribution is 0.387. The summed E-state index contributed by atoms with van der Waals surface area (Å²) >= 11 is 0. The second-order valence-electron chi connectivity index (χ2n) is 3.06. The fraction of sp³-hybridized carbons (Fsp3) is 0.400. The van der Waals surface area contributed by atoms with Gasteiger partial charge in [0.1, 0.15) is 0 Å². The molecule has 1 rings (SSSR count). The van der Waals surface area contributed by atoms with Crippen molar-refractivity contribution in [1.82, 2.24) is 0 Å². The first-order valence-electron chi connectivity index (χ1n) is 4.44. The quantitative estimate of drug-likeness (QED) is 0.753. The molecule has 0 saturated heterocycles. The van der Waals surface area contributed by atoms with E-state index in [9.17, 15) is 4.39 Å². The van der Waals surface area contributed by atoms with E-state index in [1.165, 1.54) is 13.2 Å². The van der Waals surface area contributed by atoms with Crippen LogP contribution in [0.3, 0.4) is 0 Å². The molecule has 1 aromatic carbocycles. The van der Waals surface area contributed by atoms with E-state index in [0.717, 1.165) is 12.2 Å². The third-order valence-corrected chi connectivity index (χ3v) is 2.19. The SMILES string of the molecule is CCN(C)c1cc(OC)c(F)cc1N. The Bertz CT molecular complexity index is 328. The van der Waals surface area contributed by atoms with Gasteiger partial charge in [0.25, 0.3) is 0 Å². The number of methoxy groups -OCH3 is 1. The number of rotatable bonds is 3. The lowest BCUT2D eigenvalue weighted by Crippen LogP contribution is -2.17. The van der Waals surface area contributed by atoms with Crippen LogP contribution in [0.15, 0.2) is 12.1 Å². The summed E-state index contributed by atoms with van der Waals surface area (Å²) in [7, 11) is 3.33. The number of nitrogens with two attached hydrogens (primary N) is 1. The predicted octanol–water partition coefficient (Wildman–Crippen LogP) is 1.87. The Morgan fingerprint density at radius 2 is 2.14 bits per heavy atom. The van der Waals surface area contributed by atoms with Gasteiger partial charge in [0, 0.05) is 25.7 Å². The molecule has 1 aromatic rings. The summed E-state index contributed by atoms with van der Waals surface area (Å²) in [5, 5.41) is 0. The molecule has 0 fully saturated rings. The molecule has 3 nitrogen and oxygen atoms in total. The fourth-order valence-corrected chi connectivity index (χ4v) is 1.22. The molecule has 4 heteroatoms. The van der Waals surface area contributed by atoms with Gasteiger partial charge in [-0.15, -0.1) is 0 Å². The number of hydrogen-bond acceptors (Lipinski definition) is 3. The number of anilines is 2. The van der Waals surface area contributed by atoms with Crippen molar-refractivity contribution in [1.29, 1.82) is 0 Å². The lowest BCUT2D eigenvalue weighted by atomic mass is 10.2. The number of nitrogens with zero attached hydrogens (tertiary/aromatic N) is 1. The van der Waals surface area contributed by atoms with E-state index >= 15 is 0 Å². The summed E-state index contributed by atoms with van der Waals surface area (Å²) in [6.07, 6.45) is 0. The Morgan fingerprint density at radius 1 is 1.50 bits per heavy atom. The highest BCUT2D eigenvalue weighted by Crippen LogP contribution is 2.29. The second kappa shape index (κ2) is 4.17. The summed E-state index contributed by atoms with van der Waals surface area (Å²) in [5.74, 6) is -0.215. The summed E-state index contributed by atoms with van der Waals surface area (Å²) in [6.45, 7) is 2.80. The van der Waals surface area contributed by atoms with Crippen LogP contribution in [0.2, 0.25) is 0 Å². The van der Waals surface area contributed by atoms with E-state index in [1.54, 1.807) is 6.07 Å². The van der Waals surface area contributed by atoms with E-state index in [0.29, 0.717) is 5.69 Å². The van der Waals surface area contributed by atoms with Crippen LogP contribution in [0.1, 0.15) is 6.92 Å². The van der Waals surface area contributed by atoms with E-state index in [4.69, 9.17) is 10.5 Å². The minimum atomic E-state index is -0.432. The number of nitrogen functional groups attached to an aromatic ring is 1.